The number of carbonyl (C=O) groups is 1. The molecule has 1 saturated carbocycles. The van der Waals surface area contributed by atoms with Crippen LogP contribution in [0.1, 0.15) is 34.3 Å². The number of carbonyl (C=O) groups excluding carboxylic acids is 1. The van der Waals surface area contributed by atoms with Gasteiger partial charge in [0.1, 0.15) is 11.6 Å². The first-order valence-corrected chi connectivity index (χ1v) is 8.76. The summed E-state index contributed by atoms with van der Waals surface area (Å²) < 4.78 is 20.3. The lowest BCUT2D eigenvalue weighted by molar-refractivity contribution is 0.102. The van der Waals surface area contributed by atoms with E-state index in [4.69, 9.17) is 4.74 Å². The topological polar surface area (TPSA) is 50.4 Å². The summed E-state index contributed by atoms with van der Waals surface area (Å²) in [4.78, 5) is 12.4. The molecule has 25 heavy (non-hydrogen) atoms. The summed E-state index contributed by atoms with van der Waals surface area (Å²) in [6, 6.07) is 10.5. The second kappa shape index (κ2) is 6.84. The molecule has 0 saturated heterocycles. The van der Waals surface area contributed by atoms with E-state index in [1.54, 1.807) is 30.3 Å². The van der Waals surface area contributed by atoms with Crippen LogP contribution in [0, 0.1) is 11.7 Å². The highest BCUT2D eigenvalue weighted by Crippen LogP contribution is 2.29. The van der Waals surface area contributed by atoms with E-state index in [-0.39, 0.29) is 17.4 Å². The van der Waals surface area contributed by atoms with Crippen molar-refractivity contribution in [3.05, 3.63) is 58.9 Å². The van der Waals surface area contributed by atoms with E-state index in [0.29, 0.717) is 30.0 Å². The molecular formula is C20H21FN2O2. The minimum absolute atomic E-state index is 0.236. The van der Waals surface area contributed by atoms with Crippen LogP contribution in [0.4, 0.5) is 10.1 Å². The number of halogens is 1. The third kappa shape index (κ3) is 3.66. The third-order valence-corrected chi connectivity index (χ3v) is 4.75. The standard InChI is InChI=1S/C20H21FN2O2/c21-19-17-9-10-22-11-15(17)5-8-18(19)23-20(24)14-3-6-16(7-4-14)25-12-13-1-2-13/h3-8,13,22H,1-2,9-12H2,(H,23,24). The maximum Gasteiger partial charge on any atom is 0.255 e. The molecule has 2 N–H and O–H groups in total. The third-order valence-electron chi connectivity index (χ3n) is 4.75. The Hall–Kier alpha value is -2.40. The number of anilines is 1. The number of amides is 1. The van der Waals surface area contributed by atoms with Gasteiger partial charge in [-0.3, -0.25) is 4.79 Å². The van der Waals surface area contributed by atoms with Gasteiger partial charge in [-0.2, -0.15) is 0 Å². The molecule has 1 fully saturated rings. The maximum atomic E-state index is 14.6. The maximum absolute atomic E-state index is 14.6. The summed E-state index contributed by atoms with van der Waals surface area (Å²) in [5, 5.41) is 5.90. The van der Waals surface area contributed by atoms with Crippen LogP contribution in [0.15, 0.2) is 36.4 Å². The number of benzene rings is 2. The van der Waals surface area contributed by atoms with Crippen LogP contribution in [-0.2, 0) is 13.0 Å². The molecule has 1 aliphatic carbocycles. The molecule has 1 aliphatic heterocycles. The average Bonchev–Trinajstić information content (AvgIpc) is 3.47. The van der Waals surface area contributed by atoms with Crippen molar-refractivity contribution in [3.8, 4) is 5.75 Å². The molecule has 0 spiro atoms. The van der Waals surface area contributed by atoms with Crippen molar-refractivity contribution in [2.45, 2.75) is 25.8 Å². The summed E-state index contributed by atoms with van der Waals surface area (Å²) in [5.41, 5.74) is 2.37. The Labute approximate surface area is 146 Å². The van der Waals surface area contributed by atoms with Gasteiger partial charge >= 0.3 is 0 Å². The second-order valence-corrected chi connectivity index (χ2v) is 6.72. The van der Waals surface area contributed by atoms with Gasteiger partial charge in [0.05, 0.1) is 12.3 Å². The highest BCUT2D eigenvalue weighted by molar-refractivity contribution is 6.04. The van der Waals surface area contributed by atoms with Gasteiger partial charge in [-0.15, -0.1) is 0 Å². The normalized spacial score (nSPS) is 16.2. The number of rotatable bonds is 5. The number of nitrogens with one attached hydrogen (secondary N) is 2. The summed E-state index contributed by atoms with van der Waals surface area (Å²) >= 11 is 0. The molecule has 1 heterocycles. The second-order valence-electron chi connectivity index (χ2n) is 6.72. The molecule has 2 aliphatic rings. The molecule has 4 nitrogen and oxygen atoms in total. The highest BCUT2D eigenvalue weighted by Gasteiger charge is 2.22. The first kappa shape index (κ1) is 16.1. The van der Waals surface area contributed by atoms with Crippen molar-refractivity contribution in [2.24, 2.45) is 5.92 Å². The molecule has 0 aromatic heterocycles. The van der Waals surface area contributed by atoms with Gasteiger partial charge in [0.25, 0.3) is 5.91 Å². The summed E-state index contributed by atoms with van der Waals surface area (Å²) in [6.07, 6.45) is 3.11. The van der Waals surface area contributed by atoms with Gasteiger partial charge < -0.3 is 15.4 Å². The first-order chi connectivity index (χ1) is 12.2. The number of ether oxygens (including phenoxy) is 1. The van der Waals surface area contributed by atoms with Crippen molar-refractivity contribution < 1.29 is 13.9 Å². The number of hydrogen-bond acceptors (Lipinski definition) is 3. The van der Waals surface area contributed by atoms with Crippen molar-refractivity contribution in [1.29, 1.82) is 0 Å². The zero-order valence-electron chi connectivity index (χ0n) is 14.0. The molecule has 0 radical (unpaired) electrons. The van der Waals surface area contributed by atoms with Gasteiger partial charge in [0.2, 0.25) is 0 Å². The van der Waals surface area contributed by atoms with Gasteiger partial charge in [0, 0.05) is 12.1 Å². The Bertz CT molecular complexity index is 785. The highest BCUT2D eigenvalue weighted by atomic mass is 19.1. The Balaban J connectivity index is 1.44. The Kier molecular flexibility index (Phi) is 4.40. The molecule has 0 unspecified atom stereocenters. The average molecular weight is 340 g/mol. The van der Waals surface area contributed by atoms with Crippen LogP contribution < -0.4 is 15.4 Å². The minimum Gasteiger partial charge on any atom is -0.493 e. The van der Waals surface area contributed by atoms with E-state index < -0.39 is 0 Å². The minimum atomic E-state index is -0.322. The van der Waals surface area contributed by atoms with E-state index in [0.717, 1.165) is 24.5 Å². The first-order valence-electron chi connectivity index (χ1n) is 8.76. The fraction of sp³-hybridized carbons (Fsp3) is 0.350. The van der Waals surface area contributed by atoms with Crippen molar-refractivity contribution >= 4 is 11.6 Å². The SMILES string of the molecule is O=C(Nc1ccc2c(c1F)CCNC2)c1ccc(OCC2CC2)cc1. The lowest BCUT2D eigenvalue weighted by Crippen LogP contribution is -2.25. The lowest BCUT2D eigenvalue weighted by Gasteiger charge is -2.19. The number of fused-ring (bicyclic) bond motifs is 1. The fourth-order valence-electron chi connectivity index (χ4n) is 3.03. The summed E-state index contributed by atoms with van der Waals surface area (Å²) in [7, 11) is 0. The zero-order chi connectivity index (χ0) is 17.2. The van der Waals surface area contributed by atoms with Crippen LogP contribution >= 0.6 is 0 Å². The van der Waals surface area contributed by atoms with Gasteiger partial charge in [-0.1, -0.05) is 6.07 Å². The zero-order valence-corrected chi connectivity index (χ0v) is 14.0. The molecule has 1 amide bonds. The van der Waals surface area contributed by atoms with Crippen LogP contribution in [0.2, 0.25) is 0 Å². The van der Waals surface area contributed by atoms with E-state index >= 15 is 0 Å². The molecule has 5 heteroatoms. The summed E-state index contributed by atoms with van der Waals surface area (Å²) in [6.45, 7) is 2.16. The van der Waals surface area contributed by atoms with Gasteiger partial charge in [-0.25, -0.2) is 4.39 Å². The summed E-state index contributed by atoms with van der Waals surface area (Å²) in [5.74, 6) is 0.805. The largest absolute Gasteiger partial charge is 0.493 e. The van der Waals surface area contributed by atoms with Crippen molar-refractivity contribution in [1.82, 2.24) is 5.32 Å². The van der Waals surface area contributed by atoms with Crippen LogP contribution in [0.5, 0.6) is 5.75 Å². The van der Waals surface area contributed by atoms with Crippen molar-refractivity contribution in [2.75, 3.05) is 18.5 Å². The smallest absolute Gasteiger partial charge is 0.255 e. The van der Waals surface area contributed by atoms with E-state index in [9.17, 15) is 9.18 Å². The Morgan fingerprint density at radius 1 is 1.20 bits per heavy atom. The monoisotopic (exact) mass is 340 g/mol. The van der Waals surface area contributed by atoms with E-state index in [1.807, 2.05) is 6.07 Å². The quantitative estimate of drug-likeness (QED) is 0.876. The molecule has 4 rings (SSSR count). The molecule has 0 bridgehead atoms. The lowest BCUT2D eigenvalue weighted by atomic mass is 9.99. The molecule has 0 atom stereocenters. The molecular weight excluding hydrogens is 319 g/mol. The molecule has 2 aromatic carbocycles. The molecule has 130 valence electrons. The fourth-order valence-corrected chi connectivity index (χ4v) is 3.03. The van der Waals surface area contributed by atoms with E-state index in [1.165, 1.54) is 12.8 Å². The molecule has 2 aromatic rings. The van der Waals surface area contributed by atoms with Crippen LogP contribution in [-0.4, -0.2) is 19.1 Å². The van der Waals surface area contributed by atoms with Gasteiger partial charge in [-0.05, 0) is 73.2 Å². The van der Waals surface area contributed by atoms with Crippen LogP contribution in [0.25, 0.3) is 0 Å². The number of hydrogen-bond donors (Lipinski definition) is 2. The predicted octanol–water partition coefficient (Wildman–Crippen LogP) is 3.51. The predicted molar refractivity (Wildman–Crippen MR) is 94.4 cm³/mol. The van der Waals surface area contributed by atoms with E-state index in [2.05, 4.69) is 10.6 Å². The van der Waals surface area contributed by atoms with Gasteiger partial charge in [0.15, 0.2) is 0 Å². The Morgan fingerprint density at radius 3 is 2.76 bits per heavy atom. The Morgan fingerprint density at radius 2 is 2.00 bits per heavy atom. The van der Waals surface area contributed by atoms with Crippen LogP contribution in [0.3, 0.4) is 0 Å². The van der Waals surface area contributed by atoms with Crippen molar-refractivity contribution in [3.63, 3.8) is 0 Å².